The van der Waals surface area contributed by atoms with Gasteiger partial charge in [-0.15, -0.1) is 0 Å². The van der Waals surface area contributed by atoms with Crippen molar-refractivity contribution in [2.24, 2.45) is 0 Å². The molecule has 3 nitrogen and oxygen atoms in total. The third-order valence-electron chi connectivity index (χ3n) is 2.81. The van der Waals surface area contributed by atoms with Gasteiger partial charge in [0.05, 0.1) is 11.2 Å². The van der Waals surface area contributed by atoms with Gasteiger partial charge in [-0.25, -0.2) is 0 Å². The van der Waals surface area contributed by atoms with Crippen molar-refractivity contribution in [3.63, 3.8) is 0 Å². The van der Waals surface area contributed by atoms with Crippen molar-refractivity contribution in [3.8, 4) is 0 Å². The Morgan fingerprint density at radius 2 is 1.89 bits per heavy atom. The van der Waals surface area contributed by atoms with Crippen molar-refractivity contribution in [2.75, 3.05) is 12.0 Å². The standard InChI is InChI=1S/C13H18N2OS.C2H6/c1-10(2)15-13-7-5-4-6-11(13)12(14-15)8-9-17(3)16;1-2/h4-7,10H,8-9H2,1-3H3;1-2H3. The van der Waals surface area contributed by atoms with Gasteiger partial charge in [-0.05, 0) is 19.9 Å². The van der Waals surface area contributed by atoms with Gasteiger partial charge < -0.3 is 0 Å². The van der Waals surface area contributed by atoms with E-state index in [-0.39, 0.29) is 0 Å². The monoisotopic (exact) mass is 280 g/mol. The average molecular weight is 280 g/mol. The lowest BCUT2D eigenvalue weighted by atomic mass is 10.2. The van der Waals surface area contributed by atoms with Crippen LogP contribution >= 0.6 is 0 Å². The second kappa shape index (κ2) is 7.43. The molecule has 106 valence electrons. The Bertz CT molecular complexity index is 546. The molecule has 1 aromatic carbocycles. The molecule has 0 aliphatic carbocycles. The highest BCUT2D eigenvalue weighted by atomic mass is 32.2. The van der Waals surface area contributed by atoms with Crippen molar-refractivity contribution in [1.29, 1.82) is 0 Å². The SMILES string of the molecule is CC.CC(C)n1nc(CCS(C)=O)c2ccccc21. The number of hydrogen-bond donors (Lipinski definition) is 0. The number of fused-ring (bicyclic) bond motifs is 1. The summed E-state index contributed by atoms with van der Waals surface area (Å²) in [5, 5.41) is 5.83. The molecule has 0 bridgehead atoms. The summed E-state index contributed by atoms with van der Waals surface area (Å²) in [4.78, 5) is 0. The van der Waals surface area contributed by atoms with E-state index in [0.717, 1.165) is 12.1 Å². The van der Waals surface area contributed by atoms with E-state index >= 15 is 0 Å². The molecule has 1 aromatic heterocycles. The molecule has 0 aliphatic heterocycles. The summed E-state index contributed by atoms with van der Waals surface area (Å²) in [6, 6.07) is 8.59. The van der Waals surface area contributed by atoms with Gasteiger partial charge in [0, 0.05) is 40.7 Å². The van der Waals surface area contributed by atoms with E-state index in [9.17, 15) is 4.21 Å². The fraction of sp³-hybridized carbons (Fsp3) is 0.533. The Hall–Kier alpha value is -1.16. The lowest BCUT2D eigenvalue weighted by Gasteiger charge is -2.06. The van der Waals surface area contributed by atoms with E-state index in [1.54, 1.807) is 6.26 Å². The van der Waals surface area contributed by atoms with Crippen LogP contribution in [0.15, 0.2) is 24.3 Å². The fourth-order valence-corrected chi connectivity index (χ4v) is 2.45. The zero-order valence-electron chi connectivity index (χ0n) is 12.5. The highest BCUT2D eigenvalue weighted by Gasteiger charge is 2.11. The molecule has 0 N–H and O–H groups in total. The summed E-state index contributed by atoms with van der Waals surface area (Å²) >= 11 is 0. The first-order valence-electron chi connectivity index (χ1n) is 6.85. The van der Waals surface area contributed by atoms with Crippen molar-refractivity contribution < 1.29 is 4.21 Å². The number of hydrogen-bond acceptors (Lipinski definition) is 2. The molecule has 19 heavy (non-hydrogen) atoms. The Kier molecular flexibility index (Phi) is 6.22. The van der Waals surface area contributed by atoms with E-state index in [2.05, 4.69) is 31.1 Å². The van der Waals surface area contributed by atoms with Crippen LogP contribution in [0.2, 0.25) is 0 Å². The number of aryl methyl sites for hydroxylation is 1. The largest absolute Gasteiger partial charge is 0.262 e. The maximum atomic E-state index is 11.2. The van der Waals surface area contributed by atoms with Crippen LogP contribution in [0.5, 0.6) is 0 Å². The molecule has 0 radical (unpaired) electrons. The molecule has 2 aromatic rings. The van der Waals surface area contributed by atoms with Crippen molar-refractivity contribution in [1.82, 2.24) is 9.78 Å². The van der Waals surface area contributed by atoms with Crippen LogP contribution in [-0.4, -0.2) is 26.0 Å². The normalized spacial score (nSPS) is 12.3. The predicted octanol–water partition coefficient (Wildman–Crippen LogP) is 3.56. The molecule has 1 atom stereocenters. The Morgan fingerprint density at radius 1 is 1.26 bits per heavy atom. The van der Waals surface area contributed by atoms with Crippen LogP contribution in [0.25, 0.3) is 10.9 Å². The molecule has 1 unspecified atom stereocenters. The first-order valence-corrected chi connectivity index (χ1v) is 8.58. The first kappa shape index (κ1) is 15.9. The molecule has 0 aliphatic rings. The first-order chi connectivity index (χ1) is 9.09. The van der Waals surface area contributed by atoms with Crippen molar-refractivity contribution in [2.45, 2.75) is 40.2 Å². The second-order valence-electron chi connectivity index (χ2n) is 4.53. The Morgan fingerprint density at radius 3 is 2.47 bits per heavy atom. The summed E-state index contributed by atoms with van der Waals surface area (Å²) in [6.45, 7) is 8.25. The van der Waals surface area contributed by atoms with Crippen LogP contribution in [0.4, 0.5) is 0 Å². The number of aromatic nitrogens is 2. The number of nitrogens with zero attached hydrogens (tertiary/aromatic N) is 2. The third kappa shape index (κ3) is 3.90. The minimum absolute atomic E-state index is 0.348. The average Bonchev–Trinajstić information content (AvgIpc) is 2.78. The lowest BCUT2D eigenvalue weighted by molar-refractivity contribution is 0.544. The number of para-hydroxylation sites is 1. The van der Waals surface area contributed by atoms with Crippen molar-refractivity contribution in [3.05, 3.63) is 30.0 Å². The van der Waals surface area contributed by atoms with Gasteiger partial charge in [0.15, 0.2) is 0 Å². The minimum atomic E-state index is -0.760. The molecule has 1 heterocycles. The van der Waals surface area contributed by atoms with E-state index < -0.39 is 10.8 Å². The summed E-state index contributed by atoms with van der Waals surface area (Å²) in [5.74, 6) is 0.680. The summed E-state index contributed by atoms with van der Waals surface area (Å²) < 4.78 is 13.2. The van der Waals surface area contributed by atoms with Gasteiger partial charge in [-0.3, -0.25) is 8.89 Å². The maximum absolute atomic E-state index is 11.2. The molecule has 0 fully saturated rings. The minimum Gasteiger partial charge on any atom is -0.262 e. The van der Waals surface area contributed by atoms with Gasteiger partial charge in [-0.1, -0.05) is 32.0 Å². The molecule has 0 spiro atoms. The molecule has 2 rings (SSSR count). The summed E-state index contributed by atoms with van der Waals surface area (Å²) in [7, 11) is -0.760. The number of benzene rings is 1. The molecule has 0 amide bonds. The maximum Gasteiger partial charge on any atom is 0.0712 e. The highest BCUT2D eigenvalue weighted by Crippen LogP contribution is 2.21. The summed E-state index contributed by atoms with van der Waals surface area (Å²) in [6.07, 6.45) is 2.52. The van der Waals surface area contributed by atoms with Crippen LogP contribution in [0.1, 0.15) is 39.4 Å². The zero-order chi connectivity index (χ0) is 14.4. The predicted molar refractivity (Wildman–Crippen MR) is 84.1 cm³/mol. The van der Waals surface area contributed by atoms with Crippen molar-refractivity contribution >= 4 is 21.7 Å². The number of rotatable bonds is 4. The van der Waals surface area contributed by atoms with E-state index in [1.165, 1.54) is 10.9 Å². The van der Waals surface area contributed by atoms with Crippen LogP contribution < -0.4 is 0 Å². The third-order valence-corrected chi connectivity index (χ3v) is 3.58. The van der Waals surface area contributed by atoms with Crippen LogP contribution in [0, 0.1) is 0 Å². The van der Waals surface area contributed by atoms with Gasteiger partial charge in [-0.2, -0.15) is 5.10 Å². The van der Waals surface area contributed by atoms with E-state index in [4.69, 9.17) is 0 Å². The Balaban J connectivity index is 0.000000861. The Labute approximate surface area is 118 Å². The van der Waals surface area contributed by atoms with E-state index in [0.29, 0.717) is 11.8 Å². The molecular weight excluding hydrogens is 256 g/mol. The summed E-state index contributed by atoms with van der Waals surface area (Å²) in [5.41, 5.74) is 2.23. The van der Waals surface area contributed by atoms with E-state index in [1.807, 2.05) is 30.7 Å². The zero-order valence-corrected chi connectivity index (χ0v) is 13.3. The second-order valence-corrected chi connectivity index (χ2v) is 6.08. The molecule has 0 saturated heterocycles. The topological polar surface area (TPSA) is 34.9 Å². The molecular formula is C15H24N2OS. The van der Waals surface area contributed by atoms with Crippen LogP contribution in [-0.2, 0) is 17.2 Å². The van der Waals surface area contributed by atoms with Gasteiger partial charge in [0.25, 0.3) is 0 Å². The van der Waals surface area contributed by atoms with Gasteiger partial charge in [0.1, 0.15) is 0 Å². The highest BCUT2D eigenvalue weighted by molar-refractivity contribution is 7.84. The smallest absolute Gasteiger partial charge is 0.0712 e. The molecule has 4 heteroatoms. The van der Waals surface area contributed by atoms with Crippen LogP contribution in [0.3, 0.4) is 0 Å². The molecule has 0 saturated carbocycles. The quantitative estimate of drug-likeness (QED) is 0.858. The van der Waals surface area contributed by atoms with Gasteiger partial charge >= 0.3 is 0 Å². The lowest BCUT2D eigenvalue weighted by Crippen LogP contribution is -2.04. The fourth-order valence-electron chi connectivity index (χ4n) is 1.97. The van der Waals surface area contributed by atoms with Gasteiger partial charge in [0.2, 0.25) is 0 Å².